The molecule has 0 aliphatic rings. The maximum Gasteiger partial charge on any atom is 0.191 e. The summed E-state index contributed by atoms with van der Waals surface area (Å²) in [6, 6.07) is 17.5. The van der Waals surface area contributed by atoms with Crippen LogP contribution in [0.4, 0.5) is 0 Å². The first-order valence-corrected chi connectivity index (χ1v) is 8.02. The van der Waals surface area contributed by atoms with Crippen molar-refractivity contribution in [3.63, 3.8) is 0 Å². The Morgan fingerprint density at radius 2 is 1.88 bits per heavy atom. The van der Waals surface area contributed by atoms with Crippen molar-refractivity contribution in [2.75, 3.05) is 13.7 Å². The lowest BCUT2D eigenvalue weighted by Crippen LogP contribution is -2.36. The number of ether oxygens (including phenoxy) is 1. The normalized spacial score (nSPS) is 10.6. The molecule has 0 saturated heterocycles. The fraction of sp³-hybridized carbons (Fsp3) is 0.200. The van der Waals surface area contributed by atoms with E-state index in [4.69, 9.17) is 10.00 Å². The molecule has 0 aliphatic heterocycles. The predicted octanol–water partition coefficient (Wildman–Crippen LogP) is 2.99. The maximum absolute atomic E-state index is 8.83. The van der Waals surface area contributed by atoms with E-state index in [9.17, 15) is 0 Å². The Morgan fingerprint density at radius 3 is 2.56 bits per heavy atom. The molecule has 0 spiro atoms. The SMILES string of the molecule is C=CCOc1ccccc1CNC(=NC)NCc1ccc(C#N)cc1. The Bertz CT molecular complexity index is 760. The van der Waals surface area contributed by atoms with Crippen molar-refractivity contribution in [3.8, 4) is 11.8 Å². The second-order valence-corrected chi connectivity index (χ2v) is 5.30. The van der Waals surface area contributed by atoms with Gasteiger partial charge >= 0.3 is 0 Å². The van der Waals surface area contributed by atoms with Crippen molar-refractivity contribution >= 4 is 5.96 Å². The maximum atomic E-state index is 8.83. The summed E-state index contributed by atoms with van der Waals surface area (Å²) in [6.07, 6.45) is 1.72. The van der Waals surface area contributed by atoms with Gasteiger partial charge in [0.15, 0.2) is 5.96 Å². The summed E-state index contributed by atoms with van der Waals surface area (Å²) in [6.45, 7) is 5.37. The minimum atomic E-state index is 0.475. The van der Waals surface area contributed by atoms with Crippen molar-refractivity contribution in [2.24, 2.45) is 4.99 Å². The van der Waals surface area contributed by atoms with Crippen LogP contribution in [0.5, 0.6) is 5.75 Å². The highest BCUT2D eigenvalue weighted by atomic mass is 16.5. The first-order valence-electron chi connectivity index (χ1n) is 8.02. The van der Waals surface area contributed by atoms with E-state index in [0.717, 1.165) is 16.9 Å². The molecule has 2 aromatic carbocycles. The van der Waals surface area contributed by atoms with E-state index in [1.54, 1.807) is 25.3 Å². The molecule has 0 amide bonds. The minimum Gasteiger partial charge on any atom is -0.489 e. The second-order valence-electron chi connectivity index (χ2n) is 5.30. The monoisotopic (exact) mass is 334 g/mol. The van der Waals surface area contributed by atoms with Crippen LogP contribution in [0.3, 0.4) is 0 Å². The molecule has 25 heavy (non-hydrogen) atoms. The highest BCUT2D eigenvalue weighted by Gasteiger charge is 2.04. The van der Waals surface area contributed by atoms with Crippen LogP contribution in [0.15, 0.2) is 66.2 Å². The van der Waals surface area contributed by atoms with Crippen molar-refractivity contribution in [3.05, 3.63) is 77.9 Å². The molecule has 0 saturated carbocycles. The Morgan fingerprint density at radius 1 is 1.16 bits per heavy atom. The molecule has 128 valence electrons. The third-order valence-corrected chi connectivity index (χ3v) is 3.54. The Balaban J connectivity index is 1.90. The van der Waals surface area contributed by atoms with E-state index in [-0.39, 0.29) is 0 Å². The summed E-state index contributed by atoms with van der Waals surface area (Å²) in [5.41, 5.74) is 2.78. The molecule has 0 heterocycles. The number of rotatable bonds is 7. The van der Waals surface area contributed by atoms with Crippen molar-refractivity contribution in [1.82, 2.24) is 10.6 Å². The summed E-state index contributed by atoms with van der Waals surface area (Å²) in [5, 5.41) is 15.4. The largest absolute Gasteiger partial charge is 0.489 e. The van der Waals surface area contributed by atoms with Crippen molar-refractivity contribution in [2.45, 2.75) is 13.1 Å². The predicted molar refractivity (Wildman–Crippen MR) is 100 cm³/mol. The van der Waals surface area contributed by atoms with Gasteiger partial charge in [-0.15, -0.1) is 0 Å². The number of aliphatic imine (C=N–C) groups is 1. The van der Waals surface area contributed by atoms with Gasteiger partial charge in [-0.2, -0.15) is 5.26 Å². The molecule has 0 aromatic heterocycles. The van der Waals surface area contributed by atoms with Gasteiger partial charge < -0.3 is 15.4 Å². The van der Waals surface area contributed by atoms with Gasteiger partial charge in [0.2, 0.25) is 0 Å². The summed E-state index contributed by atoms with van der Waals surface area (Å²) in [7, 11) is 1.73. The first kappa shape index (κ1) is 18.1. The minimum absolute atomic E-state index is 0.475. The fourth-order valence-corrected chi connectivity index (χ4v) is 2.22. The molecule has 5 heteroatoms. The van der Waals surface area contributed by atoms with E-state index in [0.29, 0.717) is 31.2 Å². The average molecular weight is 334 g/mol. The first-order chi connectivity index (χ1) is 12.3. The van der Waals surface area contributed by atoms with Gasteiger partial charge in [0.25, 0.3) is 0 Å². The topological polar surface area (TPSA) is 69.4 Å². The van der Waals surface area contributed by atoms with Crippen LogP contribution < -0.4 is 15.4 Å². The molecule has 2 aromatic rings. The zero-order chi connectivity index (χ0) is 17.9. The molecule has 0 atom stereocenters. The van der Waals surface area contributed by atoms with Crippen LogP contribution in [0.2, 0.25) is 0 Å². The summed E-state index contributed by atoms with van der Waals surface area (Å²) in [4.78, 5) is 4.23. The third kappa shape index (κ3) is 5.70. The molecule has 0 bridgehead atoms. The van der Waals surface area contributed by atoms with E-state index in [1.165, 1.54) is 0 Å². The van der Waals surface area contributed by atoms with E-state index in [2.05, 4.69) is 28.3 Å². The number of guanidine groups is 1. The third-order valence-electron chi connectivity index (χ3n) is 3.54. The average Bonchev–Trinajstić information content (AvgIpc) is 2.67. The van der Waals surface area contributed by atoms with Gasteiger partial charge in [0.1, 0.15) is 12.4 Å². The zero-order valence-corrected chi connectivity index (χ0v) is 14.3. The molecule has 0 aliphatic carbocycles. The van der Waals surface area contributed by atoms with Crippen LogP contribution in [-0.2, 0) is 13.1 Å². The number of nitriles is 1. The van der Waals surface area contributed by atoms with Crippen molar-refractivity contribution in [1.29, 1.82) is 5.26 Å². The molecule has 0 radical (unpaired) electrons. The Labute approximate surface area is 148 Å². The lowest BCUT2D eigenvalue weighted by Gasteiger charge is -2.14. The van der Waals surface area contributed by atoms with Gasteiger partial charge in [-0.3, -0.25) is 4.99 Å². The highest BCUT2D eigenvalue weighted by molar-refractivity contribution is 5.79. The molecule has 0 unspecified atom stereocenters. The Kier molecular flexibility index (Phi) is 7.08. The van der Waals surface area contributed by atoms with Crippen LogP contribution in [0, 0.1) is 11.3 Å². The van der Waals surface area contributed by atoms with Crippen LogP contribution in [0.25, 0.3) is 0 Å². The lowest BCUT2D eigenvalue weighted by atomic mass is 10.1. The van der Waals surface area contributed by atoms with Gasteiger partial charge in [-0.05, 0) is 23.8 Å². The summed E-state index contributed by atoms with van der Waals surface area (Å²) >= 11 is 0. The zero-order valence-electron chi connectivity index (χ0n) is 14.3. The molecule has 5 nitrogen and oxygen atoms in total. The second kappa shape index (κ2) is 9.78. The number of benzene rings is 2. The van der Waals surface area contributed by atoms with E-state index in [1.807, 2.05) is 36.4 Å². The Hall–Kier alpha value is -3.26. The number of nitrogens with one attached hydrogen (secondary N) is 2. The standard InChI is InChI=1S/C20H22N4O/c1-3-12-25-19-7-5-4-6-18(19)15-24-20(22-2)23-14-17-10-8-16(13-21)9-11-17/h3-11H,1,12,14-15H2,2H3,(H2,22,23,24). The van der Waals surface area contributed by atoms with Gasteiger partial charge in [-0.1, -0.05) is 43.0 Å². The number of hydrogen-bond donors (Lipinski definition) is 2. The lowest BCUT2D eigenvalue weighted by molar-refractivity contribution is 0.358. The van der Waals surface area contributed by atoms with Crippen LogP contribution in [-0.4, -0.2) is 19.6 Å². The molecular formula is C20H22N4O. The van der Waals surface area contributed by atoms with Crippen LogP contribution >= 0.6 is 0 Å². The smallest absolute Gasteiger partial charge is 0.191 e. The number of para-hydroxylation sites is 1. The molecule has 0 fully saturated rings. The van der Waals surface area contributed by atoms with Gasteiger partial charge in [0, 0.05) is 25.7 Å². The molecule has 2 rings (SSSR count). The van der Waals surface area contributed by atoms with Crippen molar-refractivity contribution < 1.29 is 4.74 Å². The molecular weight excluding hydrogens is 312 g/mol. The number of hydrogen-bond acceptors (Lipinski definition) is 3. The van der Waals surface area contributed by atoms with Gasteiger partial charge in [-0.25, -0.2) is 0 Å². The summed E-state index contributed by atoms with van der Waals surface area (Å²) < 4.78 is 5.66. The van der Waals surface area contributed by atoms with E-state index >= 15 is 0 Å². The summed E-state index contributed by atoms with van der Waals surface area (Å²) in [5.74, 6) is 1.53. The molecule has 2 N–H and O–H groups in total. The fourth-order valence-electron chi connectivity index (χ4n) is 2.22. The highest BCUT2D eigenvalue weighted by Crippen LogP contribution is 2.17. The van der Waals surface area contributed by atoms with Crippen LogP contribution in [0.1, 0.15) is 16.7 Å². The number of nitrogens with zero attached hydrogens (tertiary/aromatic N) is 2. The quantitative estimate of drug-likeness (QED) is 0.464. The van der Waals surface area contributed by atoms with E-state index < -0.39 is 0 Å². The van der Waals surface area contributed by atoms with Gasteiger partial charge in [0.05, 0.1) is 11.6 Å².